The molecule has 2 aliphatic rings. The predicted molar refractivity (Wildman–Crippen MR) is 96.9 cm³/mol. The van der Waals surface area contributed by atoms with Crippen LogP contribution < -0.4 is 0 Å². The molecule has 0 aliphatic carbocycles. The number of halogens is 1. The molecule has 2 fully saturated rings. The molecule has 0 atom stereocenters. The smallest absolute Gasteiger partial charge is 0.255 e. The summed E-state index contributed by atoms with van der Waals surface area (Å²) in [7, 11) is 0. The molecule has 2 amide bonds. The monoisotopic (exact) mass is 393 g/mol. The number of hydrogen-bond donors (Lipinski definition) is 0. The third kappa shape index (κ3) is 4.16. The van der Waals surface area contributed by atoms with Crippen molar-refractivity contribution in [1.29, 1.82) is 0 Å². The lowest BCUT2D eigenvalue weighted by Gasteiger charge is -2.36. The second kappa shape index (κ2) is 8.12. The van der Waals surface area contributed by atoms with Crippen molar-refractivity contribution in [1.82, 2.24) is 14.7 Å². The molecule has 2 heterocycles. The third-order valence-corrected chi connectivity index (χ3v) is 5.52. The van der Waals surface area contributed by atoms with Crippen molar-refractivity contribution in [2.24, 2.45) is 0 Å². The number of likely N-dealkylation sites (tertiary alicyclic amines) is 1. The van der Waals surface area contributed by atoms with Crippen molar-refractivity contribution >= 4 is 27.7 Å². The summed E-state index contributed by atoms with van der Waals surface area (Å²) in [6.07, 6.45) is 3.49. The number of piperazine rings is 1. The van der Waals surface area contributed by atoms with E-state index in [0.29, 0.717) is 25.2 Å². The maximum Gasteiger partial charge on any atom is 0.255 e. The van der Waals surface area contributed by atoms with Crippen LogP contribution in [0.4, 0.5) is 0 Å². The van der Waals surface area contributed by atoms with Crippen molar-refractivity contribution in [3.8, 4) is 0 Å². The maximum atomic E-state index is 12.6. The topological polar surface area (TPSA) is 43.9 Å². The van der Waals surface area contributed by atoms with Gasteiger partial charge in [0.15, 0.2) is 0 Å². The molecule has 24 heavy (non-hydrogen) atoms. The molecule has 3 rings (SSSR count). The summed E-state index contributed by atoms with van der Waals surface area (Å²) in [5.74, 6) is 0.296. The van der Waals surface area contributed by atoms with Gasteiger partial charge in [-0.25, -0.2) is 0 Å². The summed E-state index contributed by atoms with van der Waals surface area (Å²) < 4.78 is 0.831. The molecule has 0 saturated carbocycles. The van der Waals surface area contributed by atoms with Gasteiger partial charge in [0.2, 0.25) is 5.91 Å². The summed E-state index contributed by atoms with van der Waals surface area (Å²) in [6.45, 7) is 5.15. The van der Waals surface area contributed by atoms with E-state index in [1.165, 1.54) is 6.42 Å². The molecule has 1 aromatic rings. The molecule has 5 nitrogen and oxygen atoms in total. The van der Waals surface area contributed by atoms with Crippen molar-refractivity contribution in [2.45, 2.75) is 19.3 Å². The standard InChI is InChI=1S/C18H24BrN3O2/c19-16-7-3-2-6-15(16)18(24)22-12-10-20(11-13-22)14-17(23)21-8-4-1-5-9-21/h2-3,6-7H,1,4-5,8-14H2. The summed E-state index contributed by atoms with van der Waals surface area (Å²) in [5.41, 5.74) is 0.704. The normalized spacial score (nSPS) is 19.4. The molecular weight excluding hydrogens is 370 g/mol. The molecule has 0 bridgehead atoms. The van der Waals surface area contributed by atoms with Crippen LogP contribution in [0.2, 0.25) is 0 Å². The number of carbonyl (C=O) groups is 2. The van der Waals surface area contributed by atoms with Crippen molar-refractivity contribution in [2.75, 3.05) is 45.8 Å². The Morgan fingerprint density at radius 2 is 1.54 bits per heavy atom. The van der Waals surface area contributed by atoms with E-state index >= 15 is 0 Å². The summed E-state index contributed by atoms with van der Waals surface area (Å²) in [4.78, 5) is 31.0. The van der Waals surface area contributed by atoms with Crippen LogP contribution in [-0.2, 0) is 4.79 Å². The quantitative estimate of drug-likeness (QED) is 0.790. The number of rotatable bonds is 3. The van der Waals surface area contributed by atoms with Crippen LogP contribution in [-0.4, -0.2) is 72.3 Å². The number of nitrogens with zero attached hydrogens (tertiary/aromatic N) is 3. The van der Waals surface area contributed by atoms with Gasteiger partial charge in [-0.1, -0.05) is 12.1 Å². The minimum atomic E-state index is 0.0597. The number of amides is 2. The fourth-order valence-electron chi connectivity index (χ4n) is 3.35. The molecule has 0 N–H and O–H groups in total. The van der Waals surface area contributed by atoms with Crippen LogP contribution in [0.3, 0.4) is 0 Å². The number of hydrogen-bond acceptors (Lipinski definition) is 3. The number of carbonyl (C=O) groups excluding carboxylic acids is 2. The predicted octanol–water partition coefficient (Wildman–Crippen LogP) is 2.22. The Balaban J connectivity index is 1.49. The van der Waals surface area contributed by atoms with Crippen LogP contribution in [0.5, 0.6) is 0 Å². The van der Waals surface area contributed by atoms with Crippen LogP contribution >= 0.6 is 15.9 Å². The van der Waals surface area contributed by atoms with E-state index in [1.54, 1.807) is 0 Å². The zero-order valence-electron chi connectivity index (χ0n) is 13.9. The summed E-state index contributed by atoms with van der Waals surface area (Å²) in [5, 5.41) is 0. The molecule has 1 aromatic carbocycles. The minimum absolute atomic E-state index is 0.0597. The Kier molecular flexibility index (Phi) is 5.89. The first-order valence-electron chi connectivity index (χ1n) is 8.69. The Hall–Kier alpha value is -1.40. The van der Waals surface area contributed by atoms with Gasteiger partial charge in [0.05, 0.1) is 12.1 Å². The molecule has 130 valence electrons. The van der Waals surface area contributed by atoms with Gasteiger partial charge in [-0.2, -0.15) is 0 Å². The SMILES string of the molecule is O=C(CN1CCN(C(=O)c2ccccc2Br)CC1)N1CCCCC1. The maximum absolute atomic E-state index is 12.6. The highest BCUT2D eigenvalue weighted by Gasteiger charge is 2.25. The van der Waals surface area contributed by atoms with Gasteiger partial charge in [-0.3, -0.25) is 14.5 Å². The Morgan fingerprint density at radius 1 is 0.875 bits per heavy atom. The largest absolute Gasteiger partial charge is 0.342 e. The number of benzene rings is 1. The first kappa shape index (κ1) is 17.4. The molecule has 6 heteroatoms. The molecule has 0 unspecified atom stereocenters. The zero-order chi connectivity index (χ0) is 16.9. The van der Waals surface area contributed by atoms with Crippen LogP contribution in [0.15, 0.2) is 28.7 Å². The van der Waals surface area contributed by atoms with E-state index in [-0.39, 0.29) is 11.8 Å². The molecule has 2 aliphatic heterocycles. The zero-order valence-corrected chi connectivity index (χ0v) is 15.5. The average molecular weight is 394 g/mol. The van der Waals surface area contributed by atoms with Gasteiger partial charge in [-0.15, -0.1) is 0 Å². The second-order valence-electron chi connectivity index (χ2n) is 6.49. The molecule has 0 radical (unpaired) electrons. The van der Waals surface area contributed by atoms with Gasteiger partial charge in [-0.05, 0) is 47.3 Å². The highest BCUT2D eigenvalue weighted by molar-refractivity contribution is 9.10. The second-order valence-corrected chi connectivity index (χ2v) is 7.34. The highest BCUT2D eigenvalue weighted by Crippen LogP contribution is 2.19. The van der Waals surface area contributed by atoms with E-state index in [9.17, 15) is 9.59 Å². The van der Waals surface area contributed by atoms with Crippen molar-refractivity contribution in [3.63, 3.8) is 0 Å². The molecule has 0 spiro atoms. The first-order chi connectivity index (χ1) is 11.6. The van der Waals surface area contributed by atoms with E-state index in [1.807, 2.05) is 34.1 Å². The minimum Gasteiger partial charge on any atom is -0.342 e. The van der Waals surface area contributed by atoms with Gasteiger partial charge in [0.25, 0.3) is 5.91 Å². The fourth-order valence-corrected chi connectivity index (χ4v) is 3.80. The van der Waals surface area contributed by atoms with Crippen molar-refractivity contribution < 1.29 is 9.59 Å². The van der Waals surface area contributed by atoms with Crippen LogP contribution in [0.25, 0.3) is 0 Å². The lowest BCUT2D eigenvalue weighted by molar-refractivity contribution is -0.133. The lowest BCUT2D eigenvalue weighted by Crippen LogP contribution is -2.52. The number of piperidine rings is 1. The third-order valence-electron chi connectivity index (χ3n) is 4.83. The first-order valence-corrected chi connectivity index (χ1v) is 9.48. The van der Waals surface area contributed by atoms with Crippen molar-refractivity contribution in [3.05, 3.63) is 34.3 Å². The highest BCUT2D eigenvalue weighted by atomic mass is 79.9. The van der Waals surface area contributed by atoms with Gasteiger partial charge in [0, 0.05) is 43.7 Å². The van der Waals surface area contributed by atoms with Gasteiger partial charge >= 0.3 is 0 Å². The summed E-state index contributed by atoms with van der Waals surface area (Å²) >= 11 is 3.44. The molecule has 0 aromatic heterocycles. The van der Waals surface area contributed by atoms with Crippen LogP contribution in [0, 0.1) is 0 Å². The molecular formula is C18H24BrN3O2. The van der Waals surface area contributed by atoms with E-state index < -0.39 is 0 Å². The van der Waals surface area contributed by atoms with E-state index in [4.69, 9.17) is 0 Å². The average Bonchev–Trinajstić information content (AvgIpc) is 2.63. The van der Waals surface area contributed by atoms with E-state index in [0.717, 1.165) is 43.5 Å². The lowest BCUT2D eigenvalue weighted by atomic mass is 10.1. The van der Waals surface area contributed by atoms with E-state index in [2.05, 4.69) is 20.8 Å². The fraction of sp³-hybridized carbons (Fsp3) is 0.556. The Bertz CT molecular complexity index is 594. The van der Waals surface area contributed by atoms with Gasteiger partial charge < -0.3 is 9.80 Å². The Labute approximate surface area is 151 Å². The van der Waals surface area contributed by atoms with Gasteiger partial charge in [0.1, 0.15) is 0 Å². The van der Waals surface area contributed by atoms with Crippen LogP contribution in [0.1, 0.15) is 29.6 Å². The summed E-state index contributed by atoms with van der Waals surface area (Å²) in [6, 6.07) is 7.52. The Morgan fingerprint density at radius 3 is 2.21 bits per heavy atom. The molecule has 2 saturated heterocycles.